The first-order chi connectivity index (χ1) is 10.6. The van der Waals surface area contributed by atoms with E-state index in [-0.39, 0.29) is 25.4 Å². The predicted octanol–water partition coefficient (Wildman–Crippen LogP) is 1.47. The molecule has 0 heterocycles. The second kappa shape index (κ2) is 8.98. The van der Waals surface area contributed by atoms with Crippen LogP contribution in [0.2, 0.25) is 5.02 Å². The molecule has 132 valence electrons. The fourth-order valence-corrected chi connectivity index (χ4v) is 4.20. The molecule has 1 rings (SSSR count). The number of benzene rings is 1. The van der Waals surface area contributed by atoms with Crippen LogP contribution in [0, 0.1) is 0 Å². The molecule has 0 amide bonds. The molecule has 0 atom stereocenters. The van der Waals surface area contributed by atoms with Gasteiger partial charge in [0.1, 0.15) is 0 Å². The van der Waals surface area contributed by atoms with Gasteiger partial charge in [0.25, 0.3) is 0 Å². The lowest BCUT2D eigenvalue weighted by atomic mass is 10.1. The summed E-state index contributed by atoms with van der Waals surface area (Å²) < 4.78 is 50.5. The van der Waals surface area contributed by atoms with Crippen molar-refractivity contribution in [1.29, 1.82) is 0 Å². The Labute approximate surface area is 143 Å². The van der Waals surface area contributed by atoms with E-state index >= 15 is 0 Å². The average Bonchev–Trinajstić information content (AvgIpc) is 2.41. The number of nitrogens with zero attached hydrogens (tertiary/aromatic N) is 1. The van der Waals surface area contributed by atoms with Gasteiger partial charge in [-0.25, -0.2) is 25.9 Å². The highest BCUT2D eigenvalue weighted by molar-refractivity contribution is 7.89. The van der Waals surface area contributed by atoms with E-state index in [4.69, 9.17) is 11.6 Å². The number of halogens is 1. The van der Waals surface area contributed by atoms with Crippen LogP contribution in [0.1, 0.15) is 18.9 Å². The van der Waals surface area contributed by atoms with Crippen molar-refractivity contribution in [1.82, 2.24) is 9.03 Å². The van der Waals surface area contributed by atoms with Crippen molar-refractivity contribution in [3.8, 4) is 0 Å². The molecule has 0 aliphatic carbocycles. The summed E-state index contributed by atoms with van der Waals surface area (Å²) in [5.74, 6) is 0.0361. The highest BCUT2D eigenvalue weighted by atomic mass is 35.5. The highest BCUT2D eigenvalue weighted by Gasteiger charge is 2.17. The minimum atomic E-state index is -3.41. The van der Waals surface area contributed by atoms with Crippen LogP contribution in [0.4, 0.5) is 0 Å². The molecule has 0 aromatic heterocycles. The summed E-state index contributed by atoms with van der Waals surface area (Å²) in [5.41, 5.74) is 0.928. The Balaban J connectivity index is 2.61. The first kappa shape index (κ1) is 20.4. The van der Waals surface area contributed by atoms with Crippen molar-refractivity contribution in [2.45, 2.75) is 19.8 Å². The van der Waals surface area contributed by atoms with Gasteiger partial charge in [-0.2, -0.15) is 0 Å². The zero-order chi connectivity index (χ0) is 17.5. The SMILES string of the molecule is CCCS(=O)(=O)NCCN(CCc1cccc(Cl)c1)S(C)(=O)=O. The van der Waals surface area contributed by atoms with E-state index in [0.29, 0.717) is 17.9 Å². The zero-order valence-corrected chi connectivity index (χ0v) is 15.7. The molecule has 1 N–H and O–H groups in total. The Morgan fingerprint density at radius 2 is 1.87 bits per heavy atom. The number of rotatable bonds is 10. The molecular formula is C14H23ClN2O4S2. The molecule has 0 aliphatic rings. The summed E-state index contributed by atoms with van der Waals surface area (Å²) in [7, 11) is -6.74. The molecule has 23 heavy (non-hydrogen) atoms. The standard InChI is InChI=1S/C14H23ClN2O4S2/c1-3-11-23(20,21)16-8-10-17(22(2,18)19)9-7-13-5-4-6-14(15)12-13/h4-6,12,16H,3,7-11H2,1-2H3. The van der Waals surface area contributed by atoms with E-state index in [2.05, 4.69) is 4.72 Å². The van der Waals surface area contributed by atoms with Gasteiger partial charge in [0.2, 0.25) is 20.0 Å². The second-order valence-corrected chi connectivity index (χ2v) is 9.60. The van der Waals surface area contributed by atoms with E-state index in [1.165, 1.54) is 4.31 Å². The first-order valence-electron chi connectivity index (χ1n) is 7.31. The van der Waals surface area contributed by atoms with Crippen LogP contribution in [-0.2, 0) is 26.5 Å². The quantitative estimate of drug-likeness (QED) is 0.664. The minimum Gasteiger partial charge on any atom is -0.214 e. The number of sulfonamides is 2. The third-order valence-electron chi connectivity index (χ3n) is 3.16. The van der Waals surface area contributed by atoms with Gasteiger partial charge in [-0.3, -0.25) is 0 Å². The molecule has 0 unspecified atom stereocenters. The molecule has 1 aromatic rings. The largest absolute Gasteiger partial charge is 0.214 e. The number of hydrogen-bond donors (Lipinski definition) is 1. The van der Waals surface area contributed by atoms with E-state index < -0.39 is 20.0 Å². The topological polar surface area (TPSA) is 83.6 Å². The minimum absolute atomic E-state index is 0.0361. The van der Waals surface area contributed by atoms with Gasteiger partial charge in [0.15, 0.2) is 0 Å². The molecular weight excluding hydrogens is 360 g/mol. The van der Waals surface area contributed by atoms with Gasteiger partial charge < -0.3 is 0 Å². The molecule has 0 saturated carbocycles. The van der Waals surface area contributed by atoms with Crippen molar-refractivity contribution >= 4 is 31.6 Å². The van der Waals surface area contributed by atoms with Crippen LogP contribution in [0.25, 0.3) is 0 Å². The number of nitrogens with one attached hydrogen (secondary N) is 1. The van der Waals surface area contributed by atoms with Gasteiger partial charge in [-0.15, -0.1) is 0 Å². The van der Waals surface area contributed by atoms with Crippen LogP contribution in [-0.4, -0.2) is 52.8 Å². The highest BCUT2D eigenvalue weighted by Crippen LogP contribution is 2.12. The van der Waals surface area contributed by atoms with E-state index in [1.54, 1.807) is 25.1 Å². The van der Waals surface area contributed by atoms with Crippen molar-refractivity contribution in [2.75, 3.05) is 31.6 Å². The molecule has 0 aliphatic heterocycles. The zero-order valence-electron chi connectivity index (χ0n) is 13.3. The normalized spacial score (nSPS) is 12.7. The third-order valence-corrected chi connectivity index (χ3v) is 6.29. The lowest BCUT2D eigenvalue weighted by molar-refractivity contribution is 0.420. The van der Waals surface area contributed by atoms with Crippen molar-refractivity contribution in [2.24, 2.45) is 0 Å². The summed E-state index contributed by atoms with van der Waals surface area (Å²) in [5, 5.41) is 0.598. The van der Waals surface area contributed by atoms with Crippen LogP contribution in [0.15, 0.2) is 24.3 Å². The van der Waals surface area contributed by atoms with Gasteiger partial charge in [0.05, 0.1) is 12.0 Å². The monoisotopic (exact) mass is 382 g/mol. The molecule has 0 fully saturated rings. The van der Waals surface area contributed by atoms with E-state index in [0.717, 1.165) is 11.8 Å². The van der Waals surface area contributed by atoms with E-state index in [1.807, 2.05) is 6.07 Å². The maximum atomic E-state index is 11.8. The van der Waals surface area contributed by atoms with Gasteiger partial charge in [0, 0.05) is 24.7 Å². The van der Waals surface area contributed by atoms with Gasteiger partial charge >= 0.3 is 0 Å². The van der Waals surface area contributed by atoms with Crippen molar-refractivity contribution in [3.05, 3.63) is 34.9 Å². The summed E-state index contributed by atoms with van der Waals surface area (Å²) >= 11 is 5.91. The molecule has 0 radical (unpaired) electrons. The molecule has 0 bridgehead atoms. The van der Waals surface area contributed by atoms with Gasteiger partial charge in [-0.1, -0.05) is 30.7 Å². The first-order valence-corrected chi connectivity index (χ1v) is 11.2. The fourth-order valence-electron chi connectivity index (χ4n) is 2.06. The fraction of sp³-hybridized carbons (Fsp3) is 0.571. The molecule has 6 nitrogen and oxygen atoms in total. The smallest absolute Gasteiger partial charge is 0.211 e. The Kier molecular flexibility index (Phi) is 7.96. The molecule has 1 aromatic carbocycles. The average molecular weight is 383 g/mol. The van der Waals surface area contributed by atoms with Crippen molar-refractivity contribution in [3.63, 3.8) is 0 Å². The van der Waals surface area contributed by atoms with Crippen LogP contribution in [0.5, 0.6) is 0 Å². The van der Waals surface area contributed by atoms with Gasteiger partial charge in [-0.05, 0) is 30.5 Å². The lowest BCUT2D eigenvalue weighted by Crippen LogP contribution is -2.39. The Morgan fingerprint density at radius 3 is 2.43 bits per heavy atom. The van der Waals surface area contributed by atoms with Crippen LogP contribution >= 0.6 is 11.6 Å². The second-order valence-electron chi connectivity index (χ2n) is 5.26. The van der Waals surface area contributed by atoms with Crippen molar-refractivity contribution < 1.29 is 16.8 Å². The summed E-state index contributed by atoms with van der Waals surface area (Å²) in [6.45, 7) is 2.20. The summed E-state index contributed by atoms with van der Waals surface area (Å²) in [4.78, 5) is 0. The molecule has 9 heteroatoms. The Bertz CT molecular complexity index is 705. The lowest BCUT2D eigenvalue weighted by Gasteiger charge is -2.20. The molecule has 0 spiro atoms. The van der Waals surface area contributed by atoms with E-state index in [9.17, 15) is 16.8 Å². The Hall–Kier alpha value is -0.670. The summed E-state index contributed by atoms with van der Waals surface area (Å²) in [6.07, 6.45) is 2.14. The maximum absolute atomic E-state index is 11.8. The predicted molar refractivity (Wildman–Crippen MR) is 93.7 cm³/mol. The number of hydrogen-bond acceptors (Lipinski definition) is 4. The van der Waals surface area contributed by atoms with Crippen LogP contribution in [0.3, 0.4) is 0 Å². The maximum Gasteiger partial charge on any atom is 0.211 e. The van der Waals surface area contributed by atoms with Crippen LogP contribution < -0.4 is 4.72 Å². The molecule has 0 saturated heterocycles. The third kappa shape index (κ3) is 8.12. The summed E-state index contributed by atoms with van der Waals surface area (Å²) in [6, 6.07) is 7.21. The Morgan fingerprint density at radius 1 is 1.17 bits per heavy atom.